The summed E-state index contributed by atoms with van der Waals surface area (Å²) in [5.41, 5.74) is 2.22. The van der Waals surface area contributed by atoms with E-state index in [-0.39, 0.29) is 12.4 Å². The summed E-state index contributed by atoms with van der Waals surface area (Å²) in [4.78, 5) is 3.98. The standard InChI is InChI=1S/C15H17NO3/c1-10-15(19)14(12(9-17)8-16-10)13(18)7-11-5-3-2-4-6-11/h2-6,8,13,17-19H,7,9H2,1H3. The molecule has 0 bridgehead atoms. The Balaban J connectivity index is 2.33. The monoisotopic (exact) mass is 259 g/mol. The minimum Gasteiger partial charge on any atom is -0.506 e. The van der Waals surface area contributed by atoms with Crippen molar-refractivity contribution in [3.8, 4) is 5.75 Å². The maximum atomic E-state index is 10.3. The van der Waals surface area contributed by atoms with Gasteiger partial charge in [0.05, 0.1) is 18.4 Å². The molecular weight excluding hydrogens is 242 g/mol. The molecule has 1 unspecified atom stereocenters. The Morgan fingerprint density at radius 2 is 1.89 bits per heavy atom. The van der Waals surface area contributed by atoms with Gasteiger partial charge in [-0.1, -0.05) is 30.3 Å². The molecule has 0 aliphatic rings. The number of aliphatic hydroxyl groups is 2. The Kier molecular flexibility index (Phi) is 4.14. The van der Waals surface area contributed by atoms with Crippen LogP contribution in [-0.4, -0.2) is 20.3 Å². The highest BCUT2D eigenvalue weighted by Gasteiger charge is 2.19. The van der Waals surface area contributed by atoms with Crippen molar-refractivity contribution in [2.75, 3.05) is 0 Å². The molecule has 0 fully saturated rings. The molecule has 0 saturated heterocycles. The zero-order valence-electron chi connectivity index (χ0n) is 10.7. The Bertz CT molecular complexity index is 555. The second-order valence-electron chi connectivity index (χ2n) is 4.49. The van der Waals surface area contributed by atoms with Gasteiger partial charge in [0.25, 0.3) is 0 Å². The molecule has 0 radical (unpaired) electrons. The van der Waals surface area contributed by atoms with Crippen molar-refractivity contribution in [2.24, 2.45) is 0 Å². The second-order valence-corrected chi connectivity index (χ2v) is 4.49. The first-order valence-corrected chi connectivity index (χ1v) is 6.13. The molecule has 0 spiro atoms. The average Bonchev–Trinajstić information content (AvgIpc) is 2.42. The lowest BCUT2D eigenvalue weighted by Crippen LogP contribution is -2.08. The fourth-order valence-corrected chi connectivity index (χ4v) is 2.09. The summed E-state index contributed by atoms with van der Waals surface area (Å²) in [6.45, 7) is 1.40. The van der Waals surface area contributed by atoms with Gasteiger partial charge in [-0.3, -0.25) is 4.98 Å². The lowest BCUT2D eigenvalue weighted by atomic mass is 9.97. The van der Waals surface area contributed by atoms with Crippen LogP contribution in [0.15, 0.2) is 36.5 Å². The van der Waals surface area contributed by atoms with Crippen molar-refractivity contribution in [1.29, 1.82) is 0 Å². The molecule has 1 atom stereocenters. The molecule has 2 rings (SSSR count). The van der Waals surface area contributed by atoms with E-state index < -0.39 is 6.10 Å². The van der Waals surface area contributed by atoms with Gasteiger partial charge >= 0.3 is 0 Å². The first-order chi connectivity index (χ1) is 9.13. The van der Waals surface area contributed by atoms with E-state index in [4.69, 9.17) is 0 Å². The van der Waals surface area contributed by atoms with Crippen molar-refractivity contribution in [1.82, 2.24) is 4.98 Å². The third kappa shape index (κ3) is 2.92. The van der Waals surface area contributed by atoms with Gasteiger partial charge in [-0.15, -0.1) is 0 Å². The van der Waals surface area contributed by atoms with E-state index in [0.29, 0.717) is 23.2 Å². The van der Waals surface area contributed by atoms with Gasteiger partial charge < -0.3 is 15.3 Å². The number of hydrogen-bond donors (Lipinski definition) is 3. The Labute approximate surface area is 112 Å². The fraction of sp³-hybridized carbons (Fsp3) is 0.267. The second kappa shape index (κ2) is 5.82. The molecule has 1 heterocycles. The van der Waals surface area contributed by atoms with E-state index in [1.807, 2.05) is 30.3 Å². The third-order valence-corrected chi connectivity index (χ3v) is 3.13. The normalized spacial score (nSPS) is 12.4. The number of aromatic hydroxyl groups is 1. The number of benzene rings is 1. The van der Waals surface area contributed by atoms with Gasteiger partial charge in [0.2, 0.25) is 0 Å². The molecule has 0 aliphatic carbocycles. The summed E-state index contributed by atoms with van der Waals surface area (Å²) < 4.78 is 0. The van der Waals surface area contributed by atoms with E-state index in [2.05, 4.69) is 4.98 Å². The first-order valence-electron chi connectivity index (χ1n) is 6.13. The lowest BCUT2D eigenvalue weighted by Gasteiger charge is -2.17. The lowest BCUT2D eigenvalue weighted by molar-refractivity contribution is 0.169. The minimum atomic E-state index is -0.869. The molecule has 1 aromatic heterocycles. The van der Waals surface area contributed by atoms with Gasteiger partial charge in [0, 0.05) is 23.7 Å². The topological polar surface area (TPSA) is 73.6 Å². The smallest absolute Gasteiger partial charge is 0.142 e. The third-order valence-electron chi connectivity index (χ3n) is 3.13. The number of aromatic nitrogens is 1. The number of rotatable bonds is 4. The van der Waals surface area contributed by atoms with Crippen LogP contribution in [0.3, 0.4) is 0 Å². The van der Waals surface area contributed by atoms with Crippen LogP contribution in [0.25, 0.3) is 0 Å². The number of hydrogen-bond acceptors (Lipinski definition) is 4. The van der Waals surface area contributed by atoms with E-state index in [9.17, 15) is 15.3 Å². The quantitative estimate of drug-likeness (QED) is 0.783. The molecule has 0 aliphatic heterocycles. The minimum absolute atomic E-state index is 0.0463. The predicted molar refractivity (Wildman–Crippen MR) is 71.7 cm³/mol. The molecule has 3 N–H and O–H groups in total. The molecule has 2 aromatic rings. The number of nitrogens with zero attached hydrogens (tertiary/aromatic N) is 1. The van der Waals surface area contributed by atoms with Gasteiger partial charge in [-0.05, 0) is 12.5 Å². The molecule has 0 saturated carbocycles. The van der Waals surface area contributed by atoms with Gasteiger partial charge in [-0.25, -0.2) is 0 Å². The van der Waals surface area contributed by atoms with E-state index in [0.717, 1.165) is 5.56 Å². The van der Waals surface area contributed by atoms with E-state index >= 15 is 0 Å². The predicted octanol–water partition coefficient (Wildman–Crippen LogP) is 1.86. The van der Waals surface area contributed by atoms with Crippen LogP contribution in [0.4, 0.5) is 0 Å². The molecule has 19 heavy (non-hydrogen) atoms. The Morgan fingerprint density at radius 3 is 2.53 bits per heavy atom. The first kappa shape index (κ1) is 13.5. The molecule has 1 aromatic carbocycles. The van der Waals surface area contributed by atoms with Crippen LogP contribution in [-0.2, 0) is 13.0 Å². The summed E-state index contributed by atoms with van der Waals surface area (Å²) in [6, 6.07) is 9.52. The summed E-state index contributed by atoms with van der Waals surface area (Å²) in [5.74, 6) is -0.0463. The van der Waals surface area contributed by atoms with Crippen LogP contribution >= 0.6 is 0 Å². The fourth-order valence-electron chi connectivity index (χ4n) is 2.09. The zero-order valence-corrected chi connectivity index (χ0v) is 10.7. The maximum Gasteiger partial charge on any atom is 0.142 e. The van der Waals surface area contributed by atoms with Gasteiger partial charge in [-0.2, -0.15) is 0 Å². The van der Waals surface area contributed by atoms with Gasteiger partial charge in [0.1, 0.15) is 5.75 Å². The average molecular weight is 259 g/mol. The van der Waals surface area contributed by atoms with Crippen LogP contribution < -0.4 is 0 Å². The Morgan fingerprint density at radius 1 is 1.21 bits per heavy atom. The summed E-state index contributed by atoms with van der Waals surface area (Å²) in [5, 5.41) is 29.6. The van der Waals surface area contributed by atoms with Crippen molar-refractivity contribution in [2.45, 2.75) is 26.1 Å². The largest absolute Gasteiger partial charge is 0.506 e. The van der Waals surface area contributed by atoms with E-state index in [1.165, 1.54) is 6.20 Å². The van der Waals surface area contributed by atoms with Crippen molar-refractivity contribution in [3.63, 3.8) is 0 Å². The number of aliphatic hydroxyl groups excluding tert-OH is 2. The van der Waals surface area contributed by atoms with Crippen LogP contribution in [0, 0.1) is 6.92 Å². The maximum absolute atomic E-state index is 10.3. The molecule has 100 valence electrons. The molecule has 0 amide bonds. The number of pyridine rings is 1. The zero-order chi connectivity index (χ0) is 13.8. The van der Waals surface area contributed by atoms with Crippen LogP contribution in [0.1, 0.15) is 28.5 Å². The SMILES string of the molecule is Cc1ncc(CO)c(C(O)Cc2ccccc2)c1O. The molecule has 4 heteroatoms. The van der Waals surface area contributed by atoms with Crippen molar-refractivity contribution >= 4 is 0 Å². The summed E-state index contributed by atoms with van der Waals surface area (Å²) in [6.07, 6.45) is 0.995. The van der Waals surface area contributed by atoms with Crippen LogP contribution in [0.2, 0.25) is 0 Å². The summed E-state index contributed by atoms with van der Waals surface area (Å²) in [7, 11) is 0. The molecular formula is C15H17NO3. The van der Waals surface area contributed by atoms with Crippen molar-refractivity contribution in [3.05, 3.63) is 58.9 Å². The van der Waals surface area contributed by atoms with Crippen molar-refractivity contribution < 1.29 is 15.3 Å². The van der Waals surface area contributed by atoms with E-state index in [1.54, 1.807) is 6.92 Å². The highest BCUT2D eigenvalue weighted by atomic mass is 16.3. The highest BCUT2D eigenvalue weighted by molar-refractivity contribution is 5.42. The number of aryl methyl sites for hydroxylation is 1. The van der Waals surface area contributed by atoms with Gasteiger partial charge in [0.15, 0.2) is 0 Å². The summed E-state index contributed by atoms with van der Waals surface area (Å²) >= 11 is 0. The van der Waals surface area contributed by atoms with Crippen LogP contribution in [0.5, 0.6) is 5.75 Å². The molecule has 4 nitrogen and oxygen atoms in total. The Hall–Kier alpha value is -1.91. The highest BCUT2D eigenvalue weighted by Crippen LogP contribution is 2.31.